The van der Waals surface area contributed by atoms with E-state index in [-0.39, 0.29) is 5.69 Å². The number of nitrogens with zero attached hydrogens (tertiary/aromatic N) is 2. The van der Waals surface area contributed by atoms with Gasteiger partial charge in [0.2, 0.25) is 0 Å². The zero-order chi connectivity index (χ0) is 22.0. The molecule has 0 saturated heterocycles. The highest BCUT2D eigenvalue weighted by molar-refractivity contribution is 6.02. The summed E-state index contributed by atoms with van der Waals surface area (Å²) >= 11 is 0. The molecule has 1 aromatic heterocycles. The van der Waals surface area contributed by atoms with Crippen molar-refractivity contribution in [2.75, 3.05) is 10.6 Å². The van der Waals surface area contributed by atoms with E-state index in [0.29, 0.717) is 33.9 Å². The van der Waals surface area contributed by atoms with Crippen molar-refractivity contribution in [3.05, 3.63) is 82.8 Å². The fourth-order valence-electron chi connectivity index (χ4n) is 3.43. The van der Waals surface area contributed by atoms with Crippen LogP contribution in [-0.2, 0) is 20.5 Å². The molecule has 0 saturated carbocycles. The lowest BCUT2D eigenvalue weighted by Gasteiger charge is -2.14. The van der Waals surface area contributed by atoms with Gasteiger partial charge in [-0.15, -0.1) is 0 Å². The normalized spacial score (nSPS) is 10.8. The average Bonchev–Trinajstić information content (AvgIpc) is 2.99. The number of hydrogen-bond donors (Lipinski definition) is 2. The lowest BCUT2D eigenvalue weighted by Crippen LogP contribution is -2.20. The summed E-state index contributed by atoms with van der Waals surface area (Å²) in [6.45, 7) is 2.08. The maximum Gasteiger partial charge on any atom is 0.328 e. The highest BCUT2D eigenvalue weighted by Gasteiger charge is 2.16. The van der Waals surface area contributed by atoms with Gasteiger partial charge in [-0.05, 0) is 42.3 Å². The van der Waals surface area contributed by atoms with E-state index in [1.54, 1.807) is 30.8 Å². The van der Waals surface area contributed by atoms with Gasteiger partial charge in [0.05, 0.1) is 16.7 Å². The number of urea groups is 1. The zero-order valence-corrected chi connectivity index (χ0v) is 17.7. The second-order valence-corrected chi connectivity index (χ2v) is 7.28. The van der Waals surface area contributed by atoms with Crippen molar-refractivity contribution in [2.24, 2.45) is 14.1 Å². The van der Waals surface area contributed by atoms with Crippen LogP contribution in [0.2, 0.25) is 0 Å². The van der Waals surface area contributed by atoms with Crippen LogP contribution in [0.15, 0.2) is 71.5 Å². The number of imidazole rings is 1. The number of anilines is 2. The number of ether oxygens (including phenoxy) is 1. The van der Waals surface area contributed by atoms with Crippen LogP contribution in [0.3, 0.4) is 0 Å². The Morgan fingerprint density at radius 2 is 1.55 bits per heavy atom. The van der Waals surface area contributed by atoms with Crippen molar-refractivity contribution in [3.8, 4) is 11.5 Å². The summed E-state index contributed by atoms with van der Waals surface area (Å²) < 4.78 is 9.12. The SMILES string of the molecule is CCc1ccc(NC(=O)Nc2cc3c(cc2Oc2ccccc2)n(C)c(=O)n3C)cc1. The van der Waals surface area contributed by atoms with E-state index in [1.807, 2.05) is 54.6 Å². The van der Waals surface area contributed by atoms with Crippen molar-refractivity contribution < 1.29 is 9.53 Å². The van der Waals surface area contributed by atoms with Crippen molar-refractivity contribution >= 4 is 28.4 Å². The van der Waals surface area contributed by atoms with Crippen LogP contribution in [-0.4, -0.2) is 15.2 Å². The molecular formula is C24H24N4O3. The first-order valence-electron chi connectivity index (χ1n) is 10.1. The molecule has 0 aliphatic heterocycles. The number of para-hydroxylation sites is 1. The first kappa shape index (κ1) is 20.3. The molecule has 3 aromatic carbocycles. The van der Waals surface area contributed by atoms with E-state index >= 15 is 0 Å². The topological polar surface area (TPSA) is 77.3 Å². The Bertz CT molecular complexity index is 1290. The average molecular weight is 416 g/mol. The molecule has 0 radical (unpaired) electrons. The summed E-state index contributed by atoms with van der Waals surface area (Å²) in [6.07, 6.45) is 0.933. The van der Waals surface area contributed by atoms with Gasteiger partial charge in [-0.1, -0.05) is 37.3 Å². The van der Waals surface area contributed by atoms with Crippen LogP contribution in [0.4, 0.5) is 16.2 Å². The molecule has 4 aromatic rings. The fraction of sp³-hybridized carbons (Fsp3) is 0.167. The molecular weight excluding hydrogens is 392 g/mol. The predicted molar refractivity (Wildman–Crippen MR) is 123 cm³/mol. The van der Waals surface area contributed by atoms with Gasteiger partial charge >= 0.3 is 11.7 Å². The van der Waals surface area contributed by atoms with Gasteiger partial charge in [0, 0.05) is 25.8 Å². The Balaban J connectivity index is 1.68. The van der Waals surface area contributed by atoms with E-state index < -0.39 is 6.03 Å². The van der Waals surface area contributed by atoms with Gasteiger partial charge in [-0.25, -0.2) is 9.59 Å². The molecule has 0 bridgehead atoms. The maximum absolute atomic E-state index is 12.7. The minimum absolute atomic E-state index is 0.154. The van der Waals surface area contributed by atoms with E-state index in [0.717, 1.165) is 6.42 Å². The molecule has 7 heteroatoms. The molecule has 1 heterocycles. The number of nitrogens with one attached hydrogen (secondary N) is 2. The standard InChI is InChI=1S/C24H24N4O3/c1-4-16-10-12-17(13-11-16)25-23(29)26-19-14-20-21(28(3)24(30)27(20)2)15-22(19)31-18-8-6-5-7-9-18/h5-15H,4H2,1-3H3,(H2,25,26,29). The lowest BCUT2D eigenvalue weighted by molar-refractivity contribution is 0.262. The lowest BCUT2D eigenvalue weighted by atomic mass is 10.1. The number of carbonyl (C=O) groups excluding carboxylic acids is 1. The van der Waals surface area contributed by atoms with E-state index in [2.05, 4.69) is 17.6 Å². The Morgan fingerprint density at radius 1 is 0.903 bits per heavy atom. The Labute approximate surface area is 179 Å². The molecule has 7 nitrogen and oxygen atoms in total. The van der Waals surface area contributed by atoms with Crippen molar-refractivity contribution in [3.63, 3.8) is 0 Å². The second kappa shape index (κ2) is 8.39. The summed E-state index contributed by atoms with van der Waals surface area (Å²) in [7, 11) is 3.40. The largest absolute Gasteiger partial charge is 0.455 e. The number of benzene rings is 3. The van der Waals surface area contributed by atoms with Crippen LogP contribution in [0, 0.1) is 0 Å². The molecule has 0 aliphatic rings. The van der Waals surface area contributed by atoms with Gasteiger partial charge in [0.25, 0.3) is 0 Å². The molecule has 2 amide bonds. The summed E-state index contributed by atoms with van der Waals surface area (Å²) in [5, 5.41) is 5.69. The quantitative estimate of drug-likeness (QED) is 0.487. The number of hydrogen-bond acceptors (Lipinski definition) is 3. The minimum Gasteiger partial charge on any atom is -0.455 e. The number of rotatable bonds is 5. The van der Waals surface area contributed by atoms with Gasteiger partial charge in [-0.2, -0.15) is 0 Å². The third-order valence-electron chi connectivity index (χ3n) is 5.21. The molecule has 2 N–H and O–H groups in total. The number of aromatic nitrogens is 2. The van der Waals surface area contributed by atoms with Crippen LogP contribution in [0.5, 0.6) is 11.5 Å². The van der Waals surface area contributed by atoms with Crippen molar-refractivity contribution in [2.45, 2.75) is 13.3 Å². The number of aryl methyl sites for hydroxylation is 3. The van der Waals surface area contributed by atoms with Crippen LogP contribution >= 0.6 is 0 Å². The monoisotopic (exact) mass is 416 g/mol. The van der Waals surface area contributed by atoms with Gasteiger partial charge in [0.15, 0.2) is 5.75 Å². The van der Waals surface area contributed by atoms with Gasteiger partial charge in [0.1, 0.15) is 5.75 Å². The number of fused-ring (bicyclic) bond motifs is 1. The number of amides is 2. The van der Waals surface area contributed by atoms with Crippen molar-refractivity contribution in [1.82, 2.24) is 9.13 Å². The van der Waals surface area contributed by atoms with E-state index in [9.17, 15) is 9.59 Å². The third kappa shape index (κ3) is 4.16. The van der Waals surface area contributed by atoms with Gasteiger partial charge < -0.3 is 15.4 Å². The first-order chi connectivity index (χ1) is 15.0. The minimum atomic E-state index is -0.401. The molecule has 4 rings (SSSR count). The number of carbonyl (C=O) groups is 1. The molecule has 31 heavy (non-hydrogen) atoms. The summed E-state index contributed by atoms with van der Waals surface area (Å²) in [5.74, 6) is 1.07. The smallest absolute Gasteiger partial charge is 0.328 e. The molecule has 0 atom stereocenters. The van der Waals surface area contributed by atoms with Gasteiger partial charge in [-0.3, -0.25) is 9.13 Å². The Morgan fingerprint density at radius 3 is 2.19 bits per heavy atom. The fourth-order valence-corrected chi connectivity index (χ4v) is 3.43. The summed E-state index contributed by atoms with van der Waals surface area (Å²) in [4.78, 5) is 25.1. The summed E-state index contributed by atoms with van der Waals surface area (Å²) in [6, 6.07) is 20.1. The third-order valence-corrected chi connectivity index (χ3v) is 5.21. The Hall–Kier alpha value is -4.00. The molecule has 0 fully saturated rings. The molecule has 0 spiro atoms. The van der Waals surface area contributed by atoms with Crippen LogP contribution in [0.25, 0.3) is 11.0 Å². The highest BCUT2D eigenvalue weighted by Crippen LogP contribution is 2.33. The summed E-state index contributed by atoms with van der Waals surface area (Å²) in [5.41, 5.74) is 3.59. The highest BCUT2D eigenvalue weighted by atomic mass is 16.5. The van der Waals surface area contributed by atoms with Crippen molar-refractivity contribution in [1.29, 1.82) is 0 Å². The predicted octanol–water partition coefficient (Wildman–Crippen LogP) is 4.88. The molecule has 0 aliphatic carbocycles. The second-order valence-electron chi connectivity index (χ2n) is 7.28. The first-order valence-corrected chi connectivity index (χ1v) is 10.1. The Kier molecular flexibility index (Phi) is 5.49. The molecule has 158 valence electrons. The van der Waals surface area contributed by atoms with E-state index in [1.165, 1.54) is 10.1 Å². The maximum atomic E-state index is 12.7. The van der Waals surface area contributed by atoms with E-state index in [4.69, 9.17) is 4.74 Å². The van der Waals surface area contributed by atoms with Crippen LogP contribution < -0.4 is 21.1 Å². The van der Waals surface area contributed by atoms with Crippen LogP contribution in [0.1, 0.15) is 12.5 Å². The molecule has 0 unspecified atom stereocenters. The zero-order valence-electron chi connectivity index (χ0n) is 17.7.